The summed E-state index contributed by atoms with van der Waals surface area (Å²) in [5.41, 5.74) is 6.69. The number of pyridine rings is 1. The van der Waals surface area contributed by atoms with E-state index in [2.05, 4.69) is 20.9 Å². The SMILES string of the molecule is CC(N)Cc1cccnc1Oc1cc(F)ccc1Br. The minimum absolute atomic E-state index is 0.00231. The molecule has 0 bridgehead atoms. The molecular formula is C14H14BrFN2O. The molecule has 1 unspecified atom stereocenters. The van der Waals surface area contributed by atoms with Crippen LogP contribution in [0.3, 0.4) is 0 Å². The molecule has 0 saturated heterocycles. The first-order valence-corrected chi connectivity index (χ1v) is 6.68. The largest absolute Gasteiger partial charge is 0.437 e. The average Bonchev–Trinajstić information content (AvgIpc) is 2.35. The summed E-state index contributed by atoms with van der Waals surface area (Å²) >= 11 is 3.32. The van der Waals surface area contributed by atoms with Crippen LogP contribution in [-0.2, 0) is 6.42 Å². The van der Waals surface area contributed by atoms with Crippen molar-refractivity contribution in [3.8, 4) is 11.6 Å². The van der Waals surface area contributed by atoms with Crippen LogP contribution in [0.2, 0.25) is 0 Å². The number of hydrogen-bond donors (Lipinski definition) is 1. The lowest BCUT2D eigenvalue weighted by Gasteiger charge is -2.12. The fraction of sp³-hybridized carbons (Fsp3) is 0.214. The molecule has 2 rings (SSSR count). The molecule has 1 heterocycles. The maximum Gasteiger partial charge on any atom is 0.222 e. The van der Waals surface area contributed by atoms with Crippen molar-refractivity contribution in [1.82, 2.24) is 4.98 Å². The summed E-state index contributed by atoms with van der Waals surface area (Å²) in [7, 11) is 0. The molecule has 2 aromatic rings. The van der Waals surface area contributed by atoms with Gasteiger partial charge in [0.25, 0.3) is 0 Å². The third kappa shape index (κ3) is 3.75. The van der Waals surface area contributed by atoms with Gasteiger partial charge in [0, 0.05) is 23.9 Å². The molecule has 0 fully saturated rings. The monoisotopic (exact) mass is 324 g/mol. The maximum absolute atomic E-state index is 13.2. The summed E-state index contributed by atoms with van der Waals surface area (Å²) < 4.78 is 19.6. The van der Waals surface area contributed by atoms with Crippen molar-refractivity contribution in [3.05, 3.63) is 52.4 Å². The van der Waals surface area contributed by atoms with E-state index in [-0.39, 0.29) is 11.9 Å². The second-order valence-corrected chi connectivity index (χ2v) is 5.18. The Hall–Kier alpha value is -1.46. The van der Waals surface area contributed by atoms with Crippen LogP contribution in [0.5, 0.6) is 11.6 Å². The van der Waals surface area contributed by atoms with Crippen LogP contribution < -0.4 is 10.5 Å². The van der Waals surface area contributed by atoms with Gasteiger partial charge in [-0.05, 0) is 47.5 Å². The molecule has 2 N–H and O–H groups in total. The minimum Gasteiger partial charge on any atom is -0.437 e. The van der Waals surface area contributed by atoms with E-state index >= 15 is 0 Å². The Labute approximate surface area is 119 Å². The van der Waals surface area contributed by atoms with Crippen molar-refractivity contribution >= 4 is 15.9 Å². The Morgan fingerprint density at radius 2 is 2.21 bits per heavy atom. The van der Waals surface area contributed by atoms with Crippen molar-refractivity contribution in [1.29, 1.82) is 0 Å². The molecule has 0 amide bonds. The smallest absolute Gasteiger partial charge is 0.222 e. The van der Waals surface area contributed by atoms with Gasteiger partial charge in [-0.3, -0.25) is 0 Å². The molecular weight excluding hydrogens is 311 g/mol. The molecule has 1 aromatic heterocycles. The standard InChI is InChI=1S/C14H14BrFN2O/c1-9(17)7-10-3-2-6-18-14(10)19-13-8-11(16)4-5-12(13)15/h2-6,8-9H,7,17H2,1H3. The van der Waals surface area contributed by atoms with E-state index in [1.165, 1.54) is 12.1 Å². The van der Waals surface area contributed by atoms with Crippen LogP contribution in [-0.4, -0.2) is 11.0 Å². The van der Waals surface area contributed by atoms with Crippen molar-refractivity contribution < 1.29 is 9.13 Å². The minimum atomic E-state index is -0.358. The van der Waals surface area contributed by atoms with Crippen molar-refractivity contribution in [2.75, 3.05) is 0 Å². The summed E-state index contributed by atoms with van der Waals surface area (Å²) in [5.74, 6) is 0.485. The Kier molecular flexibility index (Phi) is 4.50. The van der Waals surface area contributed by atoms with Crippen LogP contribution in [0.15, 0.2) is 41.0 Å². The van der Waals surface area contributed by atoms with Gasteiger partial charge in [0.1, 0.15) is 11.6 Å². The van der Waals surface area contributed by atoms with Crippen LogP contribution >= 0.6 is 15.9 Å². The molecule has 0 saturated carbocycles. The Morgan fingerprint density at radius 1 is 1.42 bits per heavy atom. The molecule has 1 atom stereocenters. The van der Waals surface area contributed by atoms with Crippen LogP contribution in [0, 0.1) is 5.82 Å². The van der Waals surface area contributed by atoms with Crippen molar-refractivity contribution in [3.63, 3.8) is 0 Å². The van der Waals surface area contributed by atoms with E-state index in [9.17, 15) is 4.39 Å². The summed E-state index contributed by atoms with van der Waals surface area (Å²) in [5, 5.41) is 0. The number of aromatic nitrogens is 1. The highest BCUT2D eigenvalue weighted by atomic mass is 79.9. The van der Waals surface area contributed by atoms with Crippen molar-refractivity contribution in [2.24, 2.45) is 5.73 Å². The zero-order valence-electron chi connectivity index (χ0n) is 10.4. The van der Waals surface area contributed by atoms with Gasteiger partial charge in [0.05, 0.1) is 4.47 Å². The van der Waals surface area contributed by atoms with Crippen molar-refractivity contribution in [2.45, 2.75) is 19.4 Å². The molecule has 3 nitrogen and oxygen atoms in total. The first-order chi connectivity index (χ1) is 9.06. The van der Waals surface area contributed by atoms with Gasteiger partial charge < -0.3 is 10.5 Å². The lowest BCUT2D eigenvalue weighted by Crippen LogP contribution is -2.18. The van der Waals surface area contributed by atoms with Gasteiger partial charge in [0.2, 0.25) is 5.88 Å². The molecule has 100 valence electrons. The quantitative estimate of drug-likeness (QED) is 0.933. The number of nitrogens with two attached hydrogens (primary N) is 1. The third-order valence-electron chi connectivity index (χ3n) is 2.49. The van der Waals surface area contributed by atoms with E-state index in [1.54, 1.807) is 12.3 Å². The normalized spacial score (nSPS) is 12.2. The van der Waals surface area contributed by atoms with Gasteiger partial charge in [-0.25, -0.2) is 9.37 Å². The zero-order chi connectivity index (χ0) is 13.8. The van der Waals surface area contributed by atoms with Crippen LogP contribution in [0.4, 0.5) is 4.39 Å². The van der Waals surface area contributed by atoms with Gasteiger partial charge in [0.15, 0.2) is 0 Å². The predicted octanol–water partition coefficient (Wildman–Crippen LogP) is 3.67. The van der Waals surface area contributed by atoms with Crippen LogP contribution in [0.1, 0.15) is 12.5 Å². The topological polar surface area (TPSA) is 48.1 Å². The second-order valence-electron chi connectivity index (χ2n) is 4.33. The van der Waals surface area contributed by atoms with Gasteiger partial charge >= 0.3 is 0 Å². The van der Waals surface area contributed by atoms with Gasteiger partial charge in [-0.2, -0.15) is 0 Å². The molecule has 19 heavy (non-hydrogen) atoms. The van der Waals surface area contributed by atoms with E-state index in [1.807, 2.05) is 19.1 Å². The molecule has 0 spiro atoms. The highest BCUT2D eigenvalue weighted by molar-refractivity contribution is 9.10. The van der Waals surface area contributed by atoms with E-state index < -0.39 is 0 Å². The van der Waals surface area contributed by atoms with Gasteiger partial charge in [-0.15, -0.1) is 0 Å². The van der Waals surface area contributed by atoms with Gasteiger partial charge in [-0.1, -0.05) is 6.07 Å². The number of halogens is 2. The number of benzene rings is 1. The van der Waals surface area contributed by atoms with Crippen LogP contribution in [0.25, 0.3) is 0 Å². The molecule has 0 aliphatic heterocycles. The zero-order valence-corrected chi connectivity index (χ0v) is 12.0. The predicted molar refractivity (Wildman–Crippen MR) is 75.8 cm³/mol. The summed E-state index contributed by atoms with van der Waals surface area (Å²) in [4.78, 5) is 4.18. The molecule has 5 heteroatoms. The first-order valence-electron chi connectivity index (χ1n) is 5.88. The average molecular weight is 325 g/mol. The first kappa shape index (κ1) is 14.0. The molecule has 0 aliphatic rings. The Bertz CT molecular complexity index is 575. The van der Waals surface area contributed by atoms with E-state index in [0.29, 0.717) is 22.5 Å². The maximum atomic E-state index is 13.2. The van der Waals surface area contributed by atoms with E-state index in [0.717, 1.165) is 5.56 Å². The fourth-order valence-electron chi connectivity index (χ4n) is 1.68. The molecule has 1 aromatic carbocycles. The number of hydrogen-bond acceptors (Lipinski definition) is 3. The number of ether oxygens (including phenoxy) is 1. The summed E-state index contributed by atoms with van der Waals surface area (Å²) in [6.45, 7) is 1.91. The highest BCUT2D eigenvalue weighted by Gasteiger charge is 2.10. The lowest BCUT2D eigenvalue weighted by atomic mass is 10.1. The number of nitrogens with zero attached hydrogens (tertiary/aromatic N) is 1. The third-order valence-corrected chi connectivity index (χ3v) is 3.15. The Morgan fingerprint density at radius 3 is 2.95 bits per heavy atom. The molecule has 0 aliphatic carbocycles. The molecule has 0 radical (unpaired) electrons. The summed E-state index contributed by atoms with van der Waals surface area (Å²) in [6, 6.07) is 8.00. The Balaban J connectivity index is 2.30. The van der Waals surface area contributed by atoms with E-state index in [4.69, 9.17) is 10.5 Å². The number of rotatable bonds is 4. The lowest BCUT2D eigenvalue weighted by molar-refractivity contribution is 0.447. The second kappa shape index (κ2) is 6.12. The fourth-order valence-corrected chi connectivity index (χ4v) is 2.01. The highest BCUT2D eigenvalue weighted by Crippen LogP contribution is 2.31. The summed E-state index contributed by atoms with van der Waals surface area (Å²) in [6.07, 6.45) is 2.28.